The van der Waals surface area contributed by atoms with Crippen LogP contribution in [0.25, 0.3) is 0 Å². The number of allylic oxidation sites excluding steroid dienone is 1. The molecule has 0 aromatic carbocycles. The lowest BCUT2D eigenvalue weighted by Gasteiger charge is -2.34. The molecule has 1 aromatic heterocycles. The van der Waals surface area contributed by atoms with Crippen LogP contribution in [0.1, 0.15) is 0 Å². The Morgan fingerprint density at radius 2 is 2.12 bits per heavy atom. The largest absolute Gasteiger partial charge is 0.494 e. The van der Waals surface area contributed by atoms with Gasteiger partial charge in [0.2, 0.25) is 0 Å². The lowest BCUT2D eigenvalue weighted by molar-refractivity contribution is -0.117. The Morgan fingerprint density at radius 3 is 2.79 bits per heavy atom. The van der Waals surface area contributed by atoms with Crippen molar-refractivity contribution in [2.24, 2.45) is 0 Å². The fourth-order valence-corrected chi connectivity index (χ4v) is 4.06. The summed E-state index contributed by atoms with van der Waals surface area (Å²) in [4.78, 5) is 20.9. The van der Waals surface area contributed by atoms with Gasteiger partial charge in [-0.2, -0.15) is 0 Å². The van der Waals surface area contributed by atoms with Crippen molar-refractivity contribution < 1.29 is 9.53 Å². The summed E-state index contributed by atoms with van der Waals surface area (Å²) in [5.74, 6) is 0.697. The summed E-state index contributed by atoms with van der Waals surface area (Å²) >= 11 is 0. The first-order valence-corrected chi connectivity index (χ1v) is 9.15. The number of carbonyl (C=O) groups is 1. The van der Waals surface area contributed by atoms with Gasteiger partial charge in [-0.3, -0.25) is 4.79 Å². The zero-order valence-corrected chi connectivity index (χ0v) is 15.0. The number of nitrogens with one attached hydrogen (secondary N) is 2. The van der Waals surface area contributed by atoms with Crippen molar-refractivity contribution in [1.29, 1.82) is 0 Å². The predicted molar refractivity (Wildman–Crippen MR) is 97.7 cm³/mol. The molecule has 0 spiro atoms. The van der Waals surface area contributed by atoms with E-state index in [1.807, 2.05) is 17.6 Å². The highest BCUT2D eigenvalue weighted by atomic mass is 32.2. The molecule has 130 valence electrons. The van der Waals surface area contributed by atoms with Crippen LogP contribution >= 0.6 is 10.7 Å². The minimum absolute atomic E-state index is 0.123. The number of aromatic nitrogens is 1. The molecular formula is C16H23N5O2S. The van der Waals surface area contributed by atoms with Gasteiger partial charge in [0.1, 0.15) is 16.5 Å². The number of hydrogen-bond acceptors (Lipinski definition) is 6. The first-order valence-electron chi connectivity index (χ1n) is 7.87. The quantitative estimate of drug-likeness (QED) is 0.768. The second-order valence-corrected chi connectivity index (χ2v) is 7.29. The Bertz CT molecular complexity index is 696. The van der Waals surface area contributed by atoms with E-state index in [-0.39, 0.29) is 5.91 Å². The highest BCUT2D eigenvalue weighted by molar-refractivity contribution is 8.13. The molecule has 2 N–H and O–H groups in total. The standard InChI is InChI=1S/C16H23N5O2S/c1-17-16(22)12-4-9-24(19-12)15-10-14(23-3)13(11-18-15)21-7-5-20(2)6-8-21/h4,9-11,19H,5-8H2,1-3H3,(H,17,22). The Labute approximate surface area is 144 Å². The van der Waals surface area contributed by atoms with Gasteiger partial charge in [-0.1, -0.05) is 0 Å². The van der Waals surface area contributed by atoms with Gasteiger partial charge >= 0.3 is 0 Å². The monoisotopic (exact) mass is 349 g/mol. The fourth-order valence-electron chi connectivity index (χ4n) is 2.68. The molecule has 0 radical (unpaired) electrons. The molecule has 2 aliphatic rings. The lowest BCUT2D eigenvalue weighted by Crippen LogP contribution is -2.44. The molecule has 0 saturated carbocycles. The number of nitrogens with zero attached hydrogens (tertiary/aromatic N) is 3. The minimum atomic E-state index is -0.420. The average molecular weight is 349 g/mol. The van der Waals surface area contributed by atoms with Crippen molar-refractivity contribution in [3.05, 3.63) is 24.0 Å². The van der Waals surface area contributed by atoms with Gasteiger partial charge in [0.15, 0.2) is 0 Å². The third-order valence-electron chi connectivity index (χ3n) is 4.17. The number of methoxy groups -OCH3 is 1. The smallest absolute Gasteiger partial charge is 0.267 e. The maximum Gasteiger partial charge on any atom is 0.267 e. The van der Waals surface area contributed by atoms with Crippen LogP contribution in [0.3, 0.4) is 0 Å². The van der Waals surface area contributed by atoms with Crippen LogP contribution < -0.4 is 19.7 Å². The Morgan fingerprint density at radius 1 is 1.38 bits per heavy atom. The van der Waals surface area contributed by atoms with E-state index >= 15 is 0 Å². The van der Waals surface area contributed by atoms with E-state index in [4.69, 9.17) is 4.74 Å². The molecule has 1 saturated heterocycles. The van der Waals surface area contributed by atoms with Crippen molar-refractivity contribution >= 4 is 27.6 Å². The van der Waals surface area contributed by atoms with Crippen molar-refractivity contribution in [3.63, 3.8) is 0 Å². The van der Waals surface area contributed by atoms with Crippen LogP contribution in [0.2, 0.25) is 0 Å². The van der Waals surface area contributed by atoms with Crippen LogP contribution in [-0.2, 0) is 4.79 Å². The van der Waals surface area contributed by atoms with Crippen LogP contribution in [0.5, 0.6) is 5.75 Å². The van der Waals surface area contributed by atoms with Crippen LogP contribution in [0, 0.1) is 0 Å². The summed E-state index contributed by atoms with van der Waals surface area (Å²) in [6, 6.07) is 1.96. The van der Waals surface area contributed by atoms with Crippen molar-refractivity contribution in [2.75, 3.05) is 52.3 Å². The number of ether oxygens (including phenoxy) is 1. The van der Waals surface area contributed by atoms with Gasteiger partial charge in [0.25, 0.3) is 5.91 Å². The molecule has 1 aromatic rings. The number of piperazine rings is 1. The maximum absolute atomic E-state index is 11.7. The van der Waals surface area contributed by atoms with Crippen molar-refractivity contribution in [1.82, 2.24) is 19.9 Å². The van der Waals surface area contributed by atoms with E-state index in [0.717, 1.165) is 42.6 Å². The molecule has 24 heavy (non-hydrogen) atoms. The second kappa shape index (κ2) is 7.23. The molecule has 0 aliphatic carbocycles. The normalized spacial score (nSPS) is 20.9. The van der Waals surface area contributed by atoms with E-state index in [1.165, 1.54) is 0 Å². The zero-order valence-electron chi connectivity index (χ0n) is 14.2. The first-order chi connectivity index (χ1) is 11.6. The minimum Gasteiger partial charge on any atom is -0.494 e. The summed E-state index contributed by atoms with van der Waals surface area (Å²) in [6.07, 6.45) is 3.67. The molecule has 1 atom stereocenters. The lowest BCUT2D eigenvalue weighted by atomic mass is 10.2. The zero-order chi connectivity index (χ0) is 17.1. The molecule has 1 amide bonds. The van der Waals surface area contributed by atoms with Gasteiger partial charge in [-0.05, 0) is 29.2 Å². The van der Waals surface area contributed by atoms with E-state index < -0.39 is 10.7 Å². The molecule has 3 rings (SSSR count). The predicted octanol–water partition coefficient (Wildman–Crippen LogP) is 0.420. The van der Waals surface area contributed by atoms with Gasteiger partial charge in [0.05, 0.1) is 19.0 Å². The number of pyridine rings is 1. The molecule has 1 fully saturated rings. The van der Waals surface area contributed by atoms with Crippen molar-refractivity contribution in [3.8, 4) is 5.75 Å². The van der Waals surface area contributed by atoms with E-state index in [9.17, 15) is 4.79 Å². The van der Waals surface area contributed by atoms with E-state index in [1.54, 1.807) is 20.2 Å². The summed E-state index contributed by atoms with van der Waals surface area (Å²) in [7, 11) is 5.02. The van der Waals surface area contributed by atoms with Gasteiger partial charge < -0.3 is 24.6 Å². The maximum atomic E-state index is 11.7. The fraction of sp³-hybridized carbons (Fsp3) is 0.438. The van der Waals surface area contributed by atoms with E-state index in [2.05, 4.69) is 31.9 Å². The van der Waals surface area contributed by atoms with Gasteiger partial charge in [0, 0.05) is 39.3 Å². The topological polar surface area (TPSA) is 69.7 Å². The number of rotatable bonds is 4. The Balaban J connectivity index is 1.77. The van der Waals surface area contributed by atoms with Crippen molar-refractivity contribution in [2.45, 2.75) is 5.03 Å². The number of anilines is 1. The van der Waals surface area contributed by atoms with Crippen LogP contribution in [0.15, 0.2) is 29.1 Å². The molecule has 1 unspecified atom stereocenters. The molecule has 2 aliphatic heterocycles. The van der Waals surface area contributed by atoms with E-state index in [0.29, 0.717) is 5.70 Å². The third kappa shape index (κ3) is 3.39. The number of carbonyl (C=O) groups excluding carboxylic acids is 1. The highest BCUT2D eigenvalue weighted by Crippen LogP contribution is 2.34. The molecule has 7 nitrogen and oxygen atoms in total. The number of hydrogen-bond donors (Lipinski definition) is 2. The second-order valence-electron chi connectivity index (χ2n) is 5.72. The SMILES string of the molecule is CNC(=O)C1=CC=S(c2cc(OC)c(N3CCN(C)CC3)cn2)N1. The molecule has 8 heteroatoms. The average Bonchev–Trinajstić information content (AvgIpc) is 3.11. The number of amides is 1. The summed E-state index contributed by atoms with van der Waals surface area (Å²) in [5, 5.41) is 5.44. The summed E-state index contributed by atoms with van der Waals surface area (Å²) < 4.78 is 8.79. The Kier molecular flexibility index (Phi) is 5.06. The van der Waals surface area contributed by atoms with Gasteiger partial charge in [-0.25, -0.2) is 4.98 Å². The molecular weight excluding hydrogens is 326 g/mol. The van der Waals surface area contributed by atoms with Crippen LogP contribution in [0.4, 0.5) is 5.69 Å². The Hall–Kier alpha value is -2.06. The van der Waals surface area contributed by atoms with Crippen LogP contribution in [-0.4, -0.2) is 68.5 Å². The highest BCUT2D eigenvalue weighted by Gasteiger charge is 2.20. The van der Waals surface area contributed by atoms with Gasteiger partial charge in [-0.15, -0.1) is 0 Å². The third-order valence-corrected chi connectivity index (χ3v) is 5.69. The molecule has 0 bridgehead atoms. The first kappa shape index (κ1) is 16.8. The summed E-state index contributed by atoms with van der Waals surface area (Å²) in [6.45, 7) is 3.99. The number of likely N-dealkylation sites (N-methyl/N-ethyl adjacent to an activating group) is 2. The summed E-state index contributed by atoms with van der Waals surface area (Å²) in [5.41, 5.74) is 1.58. The molecule has 3 heterocycles.